The van der Waals surface area contributed by atoms with Gasteiger partial charge in [-0.3, -0.25) is 9.80 Å². The van der Waals surface area contributed by atoms with Crippen molar-refractivity contribution in [2.75, 3.05) is 23.3 Å². The Morgan fingerprint density at radius 1 is 1.31 bits per heavy atom. The van der Waals surface area contributed by atoms with Crippen molar-refractivity contribution in [3.05, 3.63) is 53.2 Å². The number of hydrogen-bond acceptors (Lipinski definition) is 7. The fourth-order valence-corrected chi connectivity index (χ4v) is 3.34. The van der Waals surface area contributed by atoms with Gasteiger partial charge in [0.15, 0.2) is 0 Å². The van der Waals surface area contributed by atoms with Gasteiger partial charge in [-0.05, 0) is 34.1 Å². The van der Waals surface area contributed by atoms with E-state index in [-0.39, 0.29) is 12.5 Å². The molecule has 0 aliphatic carbocycles. The largest absolute Gasteiger partial charge is 0.351 e. The van der Waals surface area contributed by atoms with Crippen LogP contribution in [0.2, 0.25) is 0 Å². The third-order valence-corrected chi connectivity index (χ3v) is 4.75. The first-order valence-corrected chi connectivity index (χ1v) is 9.77. The summed E-state index contributed by atoms with van der Waals surface area (Å²) in [5.41, 5.74) is 5.51. The number of H-pyrrole nitrogens is 1. The average molecular weight is 459 g/mol. The summed E-state index contributed by atoms with van der Waals surface area (Å²) in [6, 6.07) is 6.68. The van der Waals surface area contributed by atoms with Gasteiger partial charge in [0.2, 0.25) is 6.29 Å². The molecule has 1 aromatic carbocycles. The number of urea groups is 1. The van der Waals surface area contributed by atoms with Crippen LogP contribution in [0.1, 0.15) is 5.69 Å². The molecule has 150 valence electrons. The van der Waals surface area contributed by atoms with Crippen molar-refractivity contribution >= 4 is 45.5 Å². The third kappa shape index (κ3) is 4.46. The van der Waals surface area contributed by atoms with Crippen molar-refractivity contribution in [1.82, 2.24) is 25.7 Å². The quantitative estimate of drug-likeness (QED) is 0.467. The molecule has 4 rings (SSSR count). The average Bonchev–Trinajstić information content (AvgIpc) is 3.34. The van der Waals surface area contributed by atoms with Crippen LogP contribution < -0.4 is 21.0 Å². The van der Waals surface area contributed by atoms with Crippen LogP contribution in [0.25, 0.3) is 0 Å². The van der Waals surface area contributed by atoms with Crippen LogP contribution in [0, 0.1) is 0 Å². The fraction of sp³-hybridized carbons (Fsp3) is 0.222. The van der Waals surface area contributed by atoms with Crippen LogP contribution in [0.3, 0.4) is 0 Å². The number of carbonyl (C=O) groups excluding carboxylic acids is 2. The van der Waals surface area contributed by atoms with Crippen molar-refractivity contribution in [3.8, 4) is 0 Å². The van der Waals surface area contributed by atoms with Gasteiger partial charge in [-0.15, -0.1) is 0 Å². The zero-order chi connectivity index (χ0) is 20.2. The van der Waals surface area contributed by atoms with Crippen LogP contribution in [0.5, 0.6) is 0 Å². The van der Waals surface area contributed by atoms with E-state index in [0.29, 0.717) is 12.2 Å². The van der Waals surface area contributed by atoms with Crippen LogP contribution in [0.4, 0.5) is 16.2 Å². The molecule has 2 aromatic rings. The van der Waals surface area contributed by atoms with Crippen molar-refractivity contribution in [3.63, 3.8) is 0 Å². The van der Waals surface area contributed by atoms with E-state index in [1.54, 1.807) is 30.7 Å². The maximum Gasteiger partial charge on any atom is 0.329 e. The smallest absolute Gasteiger partial charge is 0.329 e. The molecular weight excluding hydrogens is 440 g/mol. The summed E-state index contributed by atoms with van der Waals surface area (Å²) in [6.07, 6.45) is 7.46. The fourth-order valence-electron chi connectivity index (χ4n) is 3.00. The highest BCUT2D eigenvalue weighted by atomic mass is 79.9. The molecule has 3 amide bonds. The molecule has 0 bridgehead atoms. The summed E-state index contributed by atoms with van der Waals surface area (Å²) in [4.78, 5) is 36.6. The lowest BCUT2D eigenvalue weighted by atomic mass is 10.2. The Bertz CT molecular complexity index is 943. The molecule has 29 heavy (non-hydrogen) atoms. The molecule has 11 heteroatoms. The summed E-state index contributed by atoms with van der Waals surface area (Å²) < 4.78 is 0.830. The Balaban J connectivity index is 1.44. The predicted molar refractivity (Wildman–Crippen MR) is 112 cm³/mol. The molecule has 2 aliphatic rings. The summed E-state index contributed by atoms with van der Waals surface area (Å²) >= 11 is 3.44. The Kier molecular flexibility index (Phi) is 5.58. The number of carbonyl (C=O) groups is 2. The molecule has 0 radical (unpaired) electrons. The summed E-state index contributed by atoms with van der Waals surface area (Å²) in [5.74, 6) is -0.281. The van der Waals surface area contributed by atoms with Crippen molar-refractivity contribution < 1.29 is 9.59 Å². The van der Waals surface area contributed by atoms with Gasteiger partial charge in [0.1, 0.15) is 0 Å². The molecule has 1 atom stereocenters. The molecular formula is C18H19BrN8O2. The molecule has 1 unspecified atom stereocenters. The number of aliphatic imine (C=N–C) groups is 1. The molecule has 1 saturated heterocycles. The second-order valence-electron chi connectivity index (χ2n) is 6.37. The lowest BCUT2D eigenvalue weighted by molar-refractivity contribution is -0.115. The Hall–Kier alpha value is -3.18. The number of imidazole rings is 1. The monoisotopic (exact) mass is 458 g/mol. The van der Waals surface area contributed by atoms with Gasteiger partial charge in [0.05, 0.1) is 28.7 Å². The van der Waals surface area contributed by atoms with E-state index < -0.39 is 12.3 Å². The summed E-state index contributed by atoms with van der Waals surface area (Å²) in [5, 5.41) is 7.66. The second-order valence-corrected chi connectivity index (χ2v) is 7.29. The van der Waals surface area contributed by atoms with Crippen LogP contribution in [-0.2, 0) is 11.2 Å². The van der Waals surface area contributed by atoms with Crippen LogP contribution >= 0.6 is 15.9 Å². The van der Waals surface area contributed by atoms with E-state index in [4.69, 9.17) is 0 Å². The first-order chi connectivity index (χ1) is 14.1. The number of hydrazine groups is 1. The molecule has 0 saturated carbocycles. The number of nitrogens with one attached hydrogen (secondary N) is 4. The second kappa shape index (κ2) is 8.45. The summed E-state index contributed by atoms with van der Waals surface area (Å²) in [6.45, 7) is 0.674. The number of imide groups is 1. The first kappa shape index (κ1) is 19.2. The predicted octanol–water partition coefficient (Wildman–Crippen LogP) is 1.53. The molecule has 0 spiro atoms. The van der Waals surface area contributed by atoms with E-state index in [2.05, 4.69) is 46.9 Å². The van der Waals surface area contributed by atoms with E-state index in [1.165, 1.54) is 0 Å². The van der Waals surface area contributed by atoms with E-state index in [0.717, 1.165) is 27.2 Å². The van der Waals surface area contributed by atoms with Gasteiger partial charge in [-0.1, -0.05) is 6.07 Å². The minimum Gasteiger partial charge on any atom is -0.351 e. The number of amides is 3. The molecule has 1 fully saturated rings. The van der Waals surface area contributed by atoms with Crippen molar-refractivity contribution in [2.24, 2.45) is 4.99 Å². The highest BCUT2D eigenvalue weighted by molar-refractivity contribution is 9.12. The molecule has 4 N–H and O–H groups in total. The van der Waals surface area contributed by atoms with Gasteiger partial charge in [0, 0.05) is 37.3 Å². The van der Waals surface area contributed by atoms with E-state index >= 15 is 0 Å². The van der Waals surface area contributed by atoms with Gasteiger partial charge in [0.25, 0.3) is 5.91 Å². The zero-order valence-corrected chi connectivity index (χ0v) is 16.9. The standard InChI is InChI=1S/C18H19BrN8O2/c19-12-7-21-17(26(10-12)24-5-4-14-8-20-11-23-14)25-13-2-1-3-15(6-13)27-16(28)9-22-18(27)29/h1-3,6-8,10-11,17,24-25H,4-5,9H2,(H,20,23)(H,22,29). The minimum absolute atomic E-state index is 0.00985. The molecule has 3 heterocycles. The SMILES string of the molecule is O=C1CNC(=O)N1c1cccc(NC2N=CC(Br)=CN2NCCc2c[nH]cn2)c1. The summed E-state index contributed by atoms with van der Waals surface area (Å²) in [7, 11) is 0. The zero-order valence-electron chi connectivity index (χ0n) is 15.3. The lowest BCUT2D eigenvalue weighted by Gasteiger charge is -2.31. The number of rotatable bonds is 7. The number of anilines is 2. The number of aromatic amines is 1. The number of benzene rings is 1. The van der Waals surface area contributed by atoms with Crippen LogP contribution in [0.15, 0.2) is 52.5 Å². The third-order valence-electron chi connectivity index (χ3n) is 4.34. The lowest BCUT2D eigenvalue weighted by Crippen LogP contribution is -2.47. The van der Waals surface area contributed by atoms with Gasteiger partial charge >= 0.3 is 6.03 Å². The number of nitrogens with zero attached hydrogens (tertiary/aromatic N) is 4. The topological polar surface area (TPSA) is 118 Å². The Morgan fingerprint density at radius 2 is 2.21 bits per heavy atom. The number of aromatic nitrogens is 2. The van der Waals surface area contributed by atoms with Gasteiger partial charge in [-0.2, -0.15) is 0 Å². The normalized spacial score (nSPS) is 18.8. The Labute approximate surface area is 175 Å². The molecule has 10 nitrogen and oxygen atoms in total. The van der Waals surface area contributed by atoms with E-state index in [1.807, 2.05) is 23.5 Å². The van der Waals surface area contributed by atoms with Crippen LogP contribution in [-0.4, -0.2) is 52.5 Å². The molecule has 1 aromatic heterocycles. The Morgan fingerprint density at radius 3 is 2.97 bits per heavy atom. The highest BCUT2D eigenvalue weighted by Crippen LogP contribution is 2.23. The number of hydrogen-bond donors (Lipinski definition) is 4. The van der Waals surface area contributed by atoms with Crippen molar-refractivity contribution in [2.45, 2.75) is 12.7 Å². The number of halogens is 1. The first-order valence-electron chi connectivity index (χ1n) is 8.97. The minimum atomic E-state index is -0.420. The van der Waals surface area contributed by atoms with Gasteiger partial charge in [-0.25, -0.2) is 25.1 Å². The van der Waals surface area contributed by atoms with Gasteiger partial charge < -0.3 is 15.6 Å². The number of allylic oxidation sites excluding steroid dienone is 1. The van der Waals surface area contributed by atoms with Crippen molar-refractivity contribution in [1.29, 1.82) is 0 Å². The highest BCUT2D eigenvalue weighted by Gasteiger charge is 2.30. The van der Waals surface area contributed by atoms with E-state index in [9.17, 15) is 9.59 Å². The maximum absolute atomic E-state index is 12.0. The maximum atomic E-state index is 12.0. The molecule has 2 aliphatic heterocycles.